The smallest absolute Gasteiger partial charge is 0.338 e. The van der Waals surface area contributed by atoms with Crippen molar-refractivity contribution in [3.05, 3.63) is 174 Å². The van der Waals surface area contributed by atoms with Gasteiger partial charge in [0.2, 0.25) is 0 Å². The Bertz CT molecular complexity index is 1930. The van der Waals surface area contributed by atoms with Crippen LogP contribution >= 0.6 is 35.3 Å². The van der Waals surface area contributed by atoms with E-state index in [4.69, 9.17) is 18.9 Å². The van der Waals surface area contributed by atoms with Crippen molar-refractivity contribution >= 4 is 59.2 Å². The number of thioether (sulfide) groups is 3. The number of rotatable bonds is 19. The van der Waals surface area contributed by atoms with Crippen molar-refractivity contribution in [2.75, 3.05) is 18.1 Å². The second-order valence-corrected chi connectivity index (χ2v) is 16.3. The molecular weight excluding hydrogens is 753 g/mol. The van der Waals surface area contributed by atoms with Crippen LogP contribution in [0, 0.1) is 0 Å². The van der Waals surface area contributed by atoms with Gasteiger partial charge in [0.05, 0.1) is 32.1 Å². The largest absolute Gasteiger partial charge is 0.458 e. The summed E-state index contributed by atoms with van der Waals surface area (Å²) in [7, 11) is 0. The Hall–Kier alpha value is -4.97. The first-order valence-electron chi connectivity index (χ1n) is 17.8. The molecule has 5 atom stereocenters. The van der Waals surface area contributed by atoms with Gasteiger partial charge >= 0.3 is 23.9 Å². The summed E-state index contributed by atoms with van der Waals surface area (Å²) in [5.41, 5.74) is 1.02. The summed E-state index contributed by atoms with van der Waals surface area (Å²) >= 11 is 4.79. The highest BCUT2D eigenvalue weighted by molar-refractivity contribution is 8.18. The normalized spacial score (nSPS) is 13.6. The summed E-state index contributed by atoms with van der Waals surface area (Å²) in [4.78, 5) is 56.4. The molecule has 0 bridgehead atoms. The van der Waals surface area contributed by atoms with E-state index in [2.05, 4.69) is 0 Å². The topological polar surface area (TPSA) is 105 Å². The molecule has 0 N–H and O–H groups in total. The predicted molar refractivity (Wildman–Crippen MR) is 220 cm³/mol. The molecule has 0 aliphatic heterocycles. The molecule has 284 valence electrons. The third kappa shape index (κ3) is 12.3. The molecule has 11 heteroatoms. The van der Waals surface area contributed by atoms with E-state index in [1.807, 2.05) is 44.2 Å². The number of hydrogen-bond acceptors (Lipinski definition) is 11. The van der Waals surface area contributed by atoms with Gasteiger partial charge in [-0.1, -0.05) is 105 Å². The maximum absolute atomic E-state index is 14.1. The van der Waals surface area contributed by atoms with Crippen molar-refractivity contribution in [2.24, 2.45) is 0 Å². The van der Waals surface area contributed by atoms with E-state index in [1.165, 1.54) is 11.8 Å². The van der Waals surface area contributed by atoms with Crippen molar-refractivity contribution < 1.29 is 38.1 Å². The molecule has 0 saturated carbocycles. The van der Waals surface area contributed by atoms with Crippen LogP contribution in [0.15, 0.2) is 157 Å². The fourth-order valence-electron chi connectivity index (χ4n) is 5.51. The van der Waals surface area contributed by atoms with Crippen LogP contribution in [0.25, 0.3) is 0 Å². The Balaban J connectivity index is 1.65. The highest BCUT2D eigenvalue weighted by Crippen LogP contribution is 2.42. The standard InChI is InChI=1S/C44H42O8S3/c1-3-53-39(44(54-4-2)55-35-28-18-9-19-29-35)38(52-43(48)34-26-16-8-17-27-34)37(51-42(47)33-24-14-7-15-25-33)36(50-41(46)32-22-12-6-13-23-32)30-49-40(45)31-20-10-5-11-21-31/h5-29,36-39,44H,3-4,30H2,1-2H3/t36-,37-,38+,39+,44+/m1/s1. The highest BCUT2D eigenvalue weighted by Gasteiger charge is 2.46. The zero-order valence-corrected chi connectivity index (χ0v) is 32.9. The average molecular weight is 795 g/mol. The zero-order valence-electron chi connectivity index (χ0n) is 30.4. The van der Waals surface area contributed by atoms with Crippen molar-refractivity contribution in [3.8, 4) is 0 Å². The molecule has 0 unspecified atom stereocenters. The van der Waals surface area contributed by atoms with E-state index < -0.39 is 54.0 Å². The van der Waals surface area contributed by atoms with Crippen molar-refractivity contribution in [3.63, 3.8) is 0 Å². The first-order valence-corrected chi connectivity index (χ1v) is 20.8. The second-order valence-electron chi connectivity index (χ2n) is 11.9. The van der Waals surface area contributed by atoms with Gasteiger partial charge in [-0.15, -0.1) is 23.5 Å². The summed E-state index contributed by atoms with van der Waals surface area (Å²) < 4.78 is 24.6. The Kier molecular flexibility index (Phi) is 16.3. The molecule has 0 fully saturated rings. The van der Waals surface area contributed by atoms with Crippen LogP contribution in [-0.4, -0.2) is 70.1 Å². The van der Waals surface area contributed by atoms with Gasteiger partial charge in [0.15, 0.2) is 18.3 Å². The minimum Gasteiger partial charge on any atom is -0.458 e. The predicted octanol–water partition coefficient (Wildman–Crippen LogP) is 9.51. The van der Waals surface area contributed by atoms with E-state index in [0.29, 0.717) is 5.75 Å². The van der Waals surface area contributed by atoms with Gasteiger partial charge in [-0.25, -0.2) is 19.2 Å². The lowest BCUT2D eigenvalue weighted by atomic mass is 10.0. The van der Waals surface area contributed by atoms with Crippen LogP contribution in [-0.2, 0) is 18.9 Å². The summed E-state index contributed by atoms with van der Waals surface area (Å²) in [6.45, 7) is 3.52. The molecule has 8 nitrogen and oxygen atoms in total. The fraction of sp³-hybridized carbons (Fsp3) is 0.227. The maximum Gasteiger partial charge on any atom is 0.338 e. The second kappa shape index (κ2) is 21.8. The highest BCUT2D eigenvalue weighted by atomic mass is 32.2. The monoisotopic (exact) mass is 794 g/mol. The summed E-state index contributed by atoms with van der Waals surface area (Å²) in [6.07, 6.45) is -4.08. The van der Waals surface area contributed by atoms with Gasteiger partial charge in [0.25, 0.3) is 0 Å². The Morgan fingerprint density at radius 2 is 0.855 bits per heavy atom. The minimum atomic E-state index is -1.45. The molecule has 0 heterocycles. The third-order valence-electron chi connectivity index (χ3n) is 8.13. The first-order chi connectivity index (χ1) is 26.9. The van der Waals surface area contributed by atoms with Crippen molar-refractivity contribution in [1.29, 1.82) is 0 Å². The van der Waals surface area contributed by atoms with Crippen LogP contribution in [0.5, 0.6) is 0 Å². The van der Waals surface area contributed by atoms with Crippen LogP contribution in [0.4, 0.5) is 0 Å². The van der Waals surface area contributed by atoms with Crippen LogP contribution in [0.3, 0.4) is 0 Å². The lowest BCUT2D eigenvalue weighted by Gasteiger charge is -2.38. The van der Waals surface area contributed by atoms with Gasteiger partial charge in [0.1, 0.15) is 6.61 Å². The van der Waals surface area contributed by atoms with Gasteiger partial charge in [-0.2, -0.15) is 11.8 Å². The Labute approximate surface area is 334 Å². The number of ether oxygens (including phenoxy) is 4. The molecule has 0 spiro atoms. The van der Waals surface area contributed by atoms with Crippen LogP contribution < -0.4 is 0 Å². The average Bonchev–Trinajstić information content (AvgIpc) is 3.24. The van der Waals surface area contributed by atoms with Crippen LogP contribution in [0.2, 0.25) is 0 Å². The van der Waals surface area contributed by atoms with Gasteiger partial charge in [0, 0.05) is 4.90 Å². The quantitative estimate of drug-likeness (QED) is 0.0346. The summed E-state index contributed by atoms with van der Waals surface area (Å²) in [5.74, 6) is -1.49. The van der Waals surface area contributed by atoms with Crippen molar-refractivity contribution in [1.82, 2.24) is 0 Å². The number of carbonyl (C=O) groups is 4. The maximum atomic E-state index is 14.1. The molecule has 0 saturated heterocycles. The molecule has 5 aromatic carbocycles. The van der Waals surface area contributed by atoms with Crippen molar-refractivity contribution in [2.45, 2.75) is 46.9 Å². The number of benzene rings is 5. The number of hydrogen-bond donors (Lipinski definition) is 0. The molecule has 5 aromatic rings. The lowest BCUT2D eigenvalue weighted by Crippen LogP contribution is -2.53. The van der Waals surface area contributed by atoms with E-state index >= 15 is 0 Å². The molecular formula is C44H42O8S3. The van der Waals surface area contributed by atoms with E-state index in [9.17, 15) is 19.2 Å². The fourth-order valence-corrected chi connectivity index (χ4v) is 9.89. The Morgan fingerprint density at radius 1 is 0.473 bits per heavy atom. The summed E-state index contributed by atoms with van der Waals surface area (Å²) in [5, 5.41) is -0.538. The molecule has 0 aliphatic carbocycles. The van der Waals surface area contributed by atoms with Crippen LogP contribution in [0.1, 0.15) is 55.3 Å². The van der Waals surface area contributed by atoms with Gasteiger partial charge < -0.3 is 18.9 Å². The molecule has 5 rings (SSSR count). The molecule has 0 aromatic heterocycles. The van der Waals surface area contributed by atoms with E-state index in [1.54, 1.807) is 145 Å². The molecule has 0 radical (unpaired) electrons. The SMILES string of the molecule is CCS[C@@H](Sc1ccccc1)[C@@H](SCC)[C@@H](OC(=O)c1ccccc1)[C@H](OC(=O)c1ccccc1)[C@@H](COC(=O)c1ccccc1)OC(=O)c1ccccc1. The number of esters is 4. The minimum absolute atomic E-state index is 0.228. The van der Waals surface area contributed by atoms with Gasteiger partial charge in [-0.3, -0.25) is 0 Å². The Morgan fingerprint density at radius 3 is 1.29 bits per heavy atom. The molecule has 55 heavy (non-hydrogen) atoms. The van der Waals surface area contributed by atoms with Gasteiger partial charge in [-0.05, 0) is 72.2 Å². The van der Waals surface area contributed by atoms with E-state index in [-0.39, 0.29) is 26.8 Å². The molecule has 0 aliphatic rings. The lowest BCUT2D eigenvalue weighted by molar-refractivity contribution is -0.101. The first kappa shape index (κ1) is 41.2. The zero-order chi connectivity index (χ0) is 38.8. The number of carbonyl (C=O) groups excluding carboxylic acids is 4. The third-order valence-corrected chi connectivity index (χ3v) is 12.5. The van der Waals surface area contributed by atoms with E-state index in [0.717, 1.165) is 10.6 Å². The summed E-state index contributed by atoms with van der Waals surface area (Å²) in [6, 6.07) is 43.5. The molecule has 0 amide bonds.